The number of rotatable bonds is 3. The lowest BCUT2D eigenvalue weighted by atomic mass is 10.1. The number of aryl methyl sites for hydroxylation is 1. The van der Waals surface area contributed by atoms with E-state index in [2.05, 4.69) is 5.32 Å². The molecule has 1 N–H and O–H groups in total. The number of hydrogen-bond donors (Lipinski definition) is 1. The summed E-state index contributed by atoms with van der Waals surface area (Å²) in [6.07, 6.45) is 2.08. The predicted octanol–water partition coefficient (Wildman–Crippen LogP) is 1.76. The average molecular weight is 301 g/mol. The van der Waals surface area contributed by atoms with Gasteiger partial charge in [0.2, 0.25) is 5.91 Å². The van der Waals surface area contributed by atoms with Crippen molar-refractivity contribution in [3.8, 4) is 0 Å². The molecule has 3 rings (SSSR count). The second kappa shape index (κ2) is 6.38. The minimum Gasteiger partial charge on any atom is -0.339 e. The molecule has 2 fully saturated rings. The van der Waals surface area contributed by atoms with Crippen molar-refractivity contribution < 1.29 is 9.59 Å². The highest BCUT2D eigenvalue weighted by atomic mass is 16.2. The zero-order valence-corrected chi connectivity index (χ0v) is 13.0. The molecule has 5 heteroatoms. The van der Waals surface area contributed by atoms with Gasteiger partial charge in [-0.15, -0.1) is 0 Å². The molecule has 1 aromatic carbocycles. The average Bonchev–Trinajstić information content (AvgIpc) is 3.38. The van der Waals surface area contributed by atoms with E-state index in [0.29, 0.717) is 32.7 Å². The molecule has 1 saturated heterocycles. The maximum absolute atomic E-state index is 12.2. The molecule has 0 spiro atoms. The first-order valence-electron chi connectivity index (χ1n) is 8.00. The third-order valence-electron chi connectivity index (χ3n) is 4.37. The number of carbonyl (C=O) groups excluding carboxylic acids is 2. The summed E-state index contributed by atoms with van der Waals surface area (Å²) >= 11 is 0. The van der Waals surface area contributed by atoms with E-state index in [0.717, 1.165) is 18.4 Å². The minimum absolute atomic E-state index is 0.0425. The largest absolute Gasteiger partial charge is 0.339 e. The Kier molecular flexibility index (Phi) is 4.32. The maximum Gasteiger partial charge on any atom is 0.317 e. The van der Waals surface area contributed by atoms with Gasteiger partial charge in [0.25, 0.3) is 0 Å². The van der Waals surface area contributed by atoms with Gasteiger partial charge in [-0.25, -0.2) is 4.79 Å². The van der Waals surface area contributed by atoms with E-state index in [1.165, 1.54) is 5.56 Å². The van der Waals surface area contributed by atoms with Gasteiger partial charge in [-0.2, -0.15) is 0 Å². The quantitative estimate of drug-likeness (QED) is 0.925. The molecule has 0 unspecified atom stereocenters. The van der Waals surface area contributed by atoms with Crippen LogP contribution in [0.3, 0.4) is 0 Å². The second-order valence-corrected chi connectivity index (χ2v) is 6.23. The molecule has 0 aromatic heterocycles. The highest BCUT2D eigenvalue weighted by Crippen LogP contribution is 2.31. The van der Waals surface area contributed by atoms with Crippen molar-refractivity contribution in [3.63, 3.8) is 0 Å². The Morgan fingerprint density at radius 3 is 2.23 bits per heavy atom. The summed E-state index contributed by atoms with van der Waals surface area (Å²) in [5.74, 6) is 0.543. The van der Waals surface area contributed by atoms with Crippen LogP contribution < -0.4 is 5.32 Å². The van der Waals surface area contributed by atoms with Gasteiger partial charge in [0.05, 0.1) is 0 Å². The second-order valence-electron chi connectivity index (χ2n) is 6.23. The SMILES string of the molecule is Cc1ccc(CNC(=O)N2CCN(C(=O)C3CC3)CC2)cc1. The predicted molar refractivity (Wildman–Crippen MR) is 84.3 cm³/mol. The van der Waals surface area contributed by atoms with Gasteiger partial charge in [0, 0.05) is 38.6 Å². The zero-order valence-electron chi connectivity index (χ0n) is 13.0. The van der Waals surface area contributed by atoms with Gasteiger partial charge < -0.3 is 15.1 Å². The number of hydrogen-bond acceptors (Lipinski definition) is 2. The number of piperazine rings is 1. The Labute approximate surface area is 131 Å². The van der Waals surface area contributed by atoms with Gasteiger partial charge >= 0.3 is 6.03 Å². The maximum atomic E-state index is 12.2. The molecule has 0 bridgehead atoms. The number of benzene rings is 1. The van der Waals surface area contributed by atoms with E-state index in [9.17, 15) is 9.59 Å². The van der Waals surface area contributed by atoms with Crippen LogP contribution in [0.4, 0.5) is 4.79 Å². The van der Waals surface area contributed by atoms with Crippen LogP contribution in [-0.2, 0) is 11.3 Å². The summed E-state index contributed by atoms with van der Waals surface area (Å²) < 4.78 is 0. The summed E-state index contributed by atoms with van der Waals surface area (Å²) in [6, 6.07) is 8.11. The highest BCUT2D eigenvalue weighted by molar-refractivity contribution is 5.81. The van der Waals surface area contributed by atoms with Crippen molar-refractivity contribution in [2.45, 2.75) is 26.3 Å². The van der Waals surface area contributed by atoms with Crippen molar-refractivity contribution in [1.29, 1.82) is 0 Å². The van der Waals surface area contributed by atoms with Crippen LogP contribution in [0.25, 0.3) is 0 Å². The van der Waals surface area contributed by atoms with Crippen molar-refractivity contribution in [2.75, 3.05) is 26.2 Å². The first kappa shape index (κ1) is 14.9. The van der Waals surface area contributed by atoms with E-state index in [-0.39, 0.29) is 17.9 Å². The number of carbonyl (C=O) groups is 2. The first-order chi connectivity index (χ1) is 10.6. The molecule has 1 aliphatic heterocycles. The van der Waals surface area contributed by atoms with Crippen LogP contribution in [0.2, 0.25) is 0 Å². The van der Waals surface area contributed by atoms with Gasteiger partial charge in [0.1, 0.15) is 0 Å². The Hall–Kier alpha value is -2.04. The van der Waals surface area contributed by atoms with E-state index in [1.807, 2.05) is 36.1 Å². The summed E-state index contributed by atoms with van der Waals surface area (Å²) in [7, 11) is 0. The van der Waals surface area contributed by atoms with E-state index in [4.69, 9.17) is 0 Å². The summed E-state index contributed by atoms with van der Waals surface area (Å²) in [5, 5.41) is 2.95. The smallest absolute Gasteiger partial charge is 0.317 e. The van der Waals surface area contributed by atoms with Gasteiger partial charge in [-0.1, -0.05) is 29.8 Å². The van der Waals surface area contributed by atoms with Crippen molar-refractivity contribution in [2.24, 2.45) is 5.92 Å². The third kappa shape index (κ3) is 3.59. The molecular weight excluding hydrogens is 278 g/mol. The van der Waals surface area contributed by atoms with Crippen LogP contribution in [0.15, 0.2) is 24.3 Å². The Morgan fingerprint density at radius 2 is 1.64 bits per heavy atom. The molecule has 3 amide bonds. The normalized spacial score (nSPS) is 18.2. The molecule has 0 atom stereocenters. The van der Waals surface area contributed by atoms with Crippen molar-refractivity contribution >= 4 is 11.9 Å². The molecule has 1 aliphatic carbocycles. The van der Waals surface area contributed by atoms with Gasteiger partial charge in [-0.05, 0) is 25.3 Å². The lowest BCUT2D eigenvalue weighted by Crippen LogP contribution is -2.53. The van der Waals surface area contributed by atoms with Crippen LogP contribution in [0.1, 0.15) is 24.0 Å². The minimum atomic E-state index is -0.0425. The Balaban J connectivity index is 1.43. The van der Waals surface area contributed by atoms with Gasteiger partial charge in [-0.3, -0.25) is 4.79 Å². The van der Waals surface area contributed by atoms with E-state index < -0.39 is 0 Å². The fraction of sp³-hybridized carbons (Fsp3) is 0.529. The lowest BCUT2D eigenvalue weighted by Gasteiger charge is -2.34. The van der Waals surface area contributed by atoms with Crippen LogP contribution in [-0.4, -0.2) is 47.9 Å². The summed E-state index contributed by atoms with van der Waals surface area (Å²) in [4.78, 5) is 27.9. The van der Waals surface area contributed by atoms with E-state index >= 15 is 0 Å². The van der Waals surface area contributed by atoms with Crippen molar-refractivity contribution in [1.82, 2.24) is 15.1 Å². The number of nitrogens with zero attached hydrogens (tertiary/aromatic N) is 2. The zero-order chi connectivity index (χ0) is 15.5. The first-order valence-corrected chi connectivity index (χ1v) is 8.00. The van der Waals surface area contributed by atoms with Crippen LogP contribution in [0, 0.1) is 12.8 Å². The molecular formula is C17H23N3O2. The highest BCUT2D eigenvalue weighted by Gasteiger charge is 2.35. The number of urea groups is 1. The standard InChI is InChI=1S/C17H23N3O2/c1-13-2-4-14(5-3-13)12-18-17(22)20-10-8-19(9-11-20)16(21)15-6-7-15/h2-5,15H,6-12H2,1H3,(H,18,22). The fourth-order valence-corrected chi connectivity index (χ4v) is 2.71. The van der Waals surface area contributed by atoms with Crippen molar-refractivity contribution in [3.05, 3.63) is 35.4 Å². The Morgan fingerprint density at radius 1 is 1.05 bits per heavy atom. The van der Waals surface area contributed by atoms with Gasteiger partial charge in [0.15, 0.2) is 0 Å². The monoisotopic (exact) mass is 301 g/mol. The molecule has 1 heterocycles. The number of amides is 3. The molecule has 1 aromatic rings. The molecule has 1 saturated carbocycles. The third-order valence-corrected chi connectivity index (χ3v) is 4.37. The molecule has 22 heavy (non-hydrogen) atoms. The fourth-order valence-electron chi connectivity index (χ4n) is 2.71. The molecule has 0 radical (unpaired) electrons. The topological polar surface area (TPSA) is 52.7 Å². The lowest BCUT2D eigenvalue weighted by molar-refractivity contribution is -0.133. The van der Waals surface area contributed by atoms with Crippen LogP contribution >= 0.6 is 0 Å². The molecule has 5 nitrogen and oxygen atoms in total. The molecule has 2 aliphatic rings. The number of nitrogens with one attached hydrogen (secondary N) is 1. The molecule has 118 valence electrons. The van der Waals surface area contributed by atoms with Crippen LogP contribution in [0.5, 0.6) is 0 Å². The Bertz CT molecular complexity index is 544. The van der Waals surface area contributed by atoms with E-state index in [1.54, 1.807) is 4.90 Å². The summed E-state index contributed by atoms with van der Waals surface area (Å²) in [6.45, 7) is 5.15. The summed E-state index contributed by atoms with van der Waals surface area (Å²) in [5.41, 5.74) is 2.31.